The summed E-state index contributed by atoms with van der Waals surface area (Å²) in [6, 6.07) is 0. The second kappa shape index (κ2) is 39.8. The zero-order valence-electron chi connectivity index (χ0n) is 18.8. The van der Waals surface area contributed by atoms with Crippen LogP contribution in [0.1, 0.15) is 14.9 Å². The van der Waals surface area contributed by atoms with E-state index in [9.17, 15) is 25.2 Å². The number of nitrogens with two attached hydrogens (primary N) is 4. The molecule has 0 aliphatic rings. The van der Waals surface area contributed by atoms with Gasteiger partial charge >= 0.3 is 0 Å². The van der Waals surface area contributed by atoms with Crippen molar-refractivity contribution in [3.63, 3.8) is 0 Å². The molecule has 0 amide bonds. The number of hydrazine groups is 1. The monoisotopic (exact) mass is 536 g/mol. The molecule has 12 N–H and O–H groups in total. The van der Waals surface area contributed by atoms with Crippen molar-refractivity contribution >= 4 is 30.3 Å². The van der Waals surface area contributed by atoms with Crippen LogP contribution in [0.25, 0.3) is 0 Å². The van der Waals surface area contributed by atoms with E-state index in [1.54, 1.807) is 0 Å². The molecule has 0 unspecified atom stereocenters. The van der Waals surface area contributed by atoms with Gasteiger partial charge in [-0.3, -0.25) is 11.7 Å². The molecule has 0 aromatic carbocycles. The molecule has 206 valence electrons. The van der Waals surface area contributed by atoms with E-state index in [2.05, 4.69) is 27.9 Å². The fourth-order valence-electron chi connectivity index (χ4n) is 0. The Morgan fingerprint density at radius 1 is 0.742 bits per heavy atom. The van der Waals surface area contributed by atoms with Gasteiger partial charge in [0.2, 0.25) is 20.0 Å². The Balaban J connectivity index is -0.0000000215. The van der Waals surface area contributed by atoms with Gasteiger partial charge in [-0.2, -0.15) is 13.5 Å². The summed E-state index contributed by atoms with van der Waals surface area (Å²) in [7, 11) is 0.0417. The van der Waals surface area contributed by atoms with Crippen molar-refractivity contribution in [2.24, 2.45) is 23.2 Å². The molecular weight excluding hydrogens is 486 g/mol. The highest BCUT2D eigenvalue weighted by molar-refractivity contribution is 7.88. The van der Waals surface area contributed by atoms with Gasteiger partial charge in [-0.05, 0) is 21.1 Å². The third-order valence-corrected chi connectivity index (χ3v) is 3.10. The van der Waals surface area contributed by atoms with E-state index in [1.165, 1.54) is 49.3 Å². The fourth-order valence-corrected chi connectivity index (χ4v) is 0. The molecule has 0 fully saturated rings. The van der Waals surface area contributed by atoms with Crippen LogP contribution in [0.3, 0.4) is 0 Å². The van der Waals surface area contributed by atoms with Gasteiger partial charge in [0.1, 0.15) is 0 Å². The van der Waals surface area contributed by atoms with Crippen molar-refractivity contribution in [2.45, 2.75) is 14.9 Å². The molecule has 0 aromatic heterocycles. The number of hydrogen-bond acceptors (Lipinski definition) is 12. The van der Waals surface area contributed by atoms with E-state index in [1.807, 2.05) is 0 Å². The van der Waals surface area contributed by atoms with Crippen molar-refractivity contribution in [1.82, 2.24) is 20.3 Å². The van der Waals surface area contributed by atoms with Gasteiger partial charge in [-0.15, -0.1) is 8.37 Å². The Bertz CT molecular complexity index is 564. The van der Waals surface area contributed by atoms with E-state index in [-0.39, 0.29) is 21.0 Å². The summed E-state index contributed by atoms with van der Waals surface area (Å²) in [5.74, 6) is 8.00. The number of rotatable bonds is 2. The van der Waals surface area contributed by atoms with Crippen LogP contribution in [0.15, 0.2) is 0 Å². The van der Waals surface area contributed by atoms with Crippen molar-refractivity contribution in [3.8, 4) is 0 Å². The standard InChI is InChI=1S/C3H9NO2S.C2H6FN.C2H7NO2S.CH3FO2S.2CH5N.2CH4.H4N2.H3N/c1-4(2)7(3,5)6;1-4(2)3;1-3-6(2,4)5;1-5(2,3)4;2*1-2;;;1-2;/h1-3H3;1-2H3;3H,1-2H3;1H3;2*2H2,1H3;2*1H4;1-2H2;1H3. The molecule has 0 aliphatic carbocycles. The Morgan fingerprint density at radius 3 is 0.806 bits per heavy atom. The van der Waals surface area contributed by atoms with E-state index >= 15 is 0 Å². The molecule has 0 bridgehead atoms. The van der Waals surface area contributed by atoms with E-state index < -0.39 is 30.3 Å². The minimum Gasteiger partial charge on any atom is -0.344 e. The zero-order valence-corrected chi connectivity index (χ0v) is 21.3. The van der Waals surface area contributed by atoms with Crippen molar-refractivity contribution in [3.05, 3.63) is 0 Å². The summed E-state index contributed by atoms with van der Waals surface area (Å²) >= 11 is 0. The second-order valence-electron chi connectivity index (χ2n) is 3.99. The minimum absolute atomic E-state index is 0. The van der Waals surface area contributed by atoms with Crippen molar-refractivity contribution in [1.29, 1.82) is 0 Å². The molecule has 0 aromatic rings. The van der Waals surface area contributed by atoms with Crippen LogP contribution in [0, 0.1) is 0 Å². The predicted molar refractivity (Wildman–Crippen MR) is 130 cm³/mol. The van der Waals surface area contributed by atoms with Gasteiger partial charge in [0.15, 0.2) is 0 Å². The van der Waals surface area contributed by atoms with Gasteiger partial charge in [-0.1, -0.05) is 14.9 Å². The molecule has 19 heteroatoms. The summed E-state index contributed by atoms with van der Waals surface area (Å²) in [6.07, 6.45) is 2.76. The van der Waals surface area contributed by atoms with Crippen LogP contribution in [0.5, 0.6) is 0 Å². The molecule has 14 nitrogen and oxygen atoms in total. The van der Waals surface area contributed by atoms with Gasteiger partial charge < -0.3 is 17.6 Å². The molecule has 0 saturated heterocycles. The molecule has 0 saturated carbocycles. The highest BCUT2D eigenvalue weighted by Crippen LogP contribution is 1.83. The van der Waals surface area contributed by atoms with Gasteiger partial charge in [0.05, 0.1) is 18.8 Å². The largest absolute Gasteiger partial charge is 0.344 e. The smallest absolute Gasteiger partial charge is 0.299 e. The first-order valence-electron chi connectivity index (χ1n) is 6.71. The number of sulfonamides is 2. The molecular formula is C12H50F2N8O6S3. The molecule has 0 atom stereocenters. The Labute approximate surface area is 190 Å². The van der Waals surface area contributed by atoms with Crippen LogP contribution in [-0.2, 0) is 30.3 Å². The molecule has 0 aliphatic heterocycles. The first-order valence-corrected chi connectivity index (χ1v) is 12.2. The first kappa shape index (κ1) is 63.1. The maximum atomic E-state index is 10.8. The van der Waals surface area contributed by atoms with Crippen LogP contribution in [0.2, 0.25) is 0 Å². The lowest BCUT2D eigenvalue weighted by Crippen LogP contribution is -2.19. The van der Waals surface area contributed by atoms with E-state index in [4.69, 9.17) is 8.42 Å². The molecule has 0 rings (SSSR count). The van der Waals surface area contributed by atoms with Crippen LogP contribution in [-0.4, -0.2) is 103 Å². The summed E-state index contributed by atoms with van der Waals surface area (Å²) in [5.41, 5.74) is 9.00. The van der Waals surface area contributed by atoms with Crippen molar-refractivity contribution < 1.29 is 33.6 Å². The zero-order chi connectivity index (χ0) is 25.4. The average molecular weight is 537 g/mol. The van der Waals surface area contributed by atoms with Crippen LogP contribution < -0.4 is 34.0 Å². The van der Waals surface area contributed by atoms with Crippen LogP contribution in [0.4, 0.5) is 8.37 Å². The lowest BCUT2D eigenvalue weighted by atomic mass is 11.3. The highest BCUT2D eigenvalue weighted by Gasteiger charge is 2.00. The number of hydrogen-bond donors (Lipinski definition) is 6. The lowest BCUT2D eigenvalue weighted by Gasteiger charge is -2.02. The molecule has 0 radical (unpaired) electrons. The molecule has 31 heavy (non-hydrogen) atoms. The quantitative estimate of drug-likeness (QED) is 0.101. The van der Waals surface area contributed by atoms with E-state index in [0.717, 1.165) is 16.8 Å². The maximum absolute atomic E-state index is 10.8. The van der Waals surface area contributed by atoms with Gasteiger partial charge in [-0.25, -0.2) is 25.9 Å². The van der Waals surface area contributed by atoms with E-state index in [0.29, 0.717) is 11.4 Å². The molecule has 0 spiro atoms. The first-order chi connectivity index (χ1) is 12.2. The maximum Gasteiger partial charge on any atom is 0.299 e. The number of halogens is 2. The van der Waals surface area contributed by atoms with Gasteiger partial charge in [0.25, 0.3) is 10.2 Å². The Morgan fingerprint density at radius 2 is 0.806 bits per heavy atom. The van der Waals surface area contributed by atoms with Crippen LogP contribution >= 0.6 is 0 Å². The third-order valence-electron chi connectivity index (χ3n) is 1.03. The number of nitrogens with one attached hydrogen (secondary N) is 1. The summed E-state index contributed by atoms with van der Waals surface area (Å²) in [4.78, 5) is 0. The lowest BCUT2D eigenvalue weighted by molar-refractivity contribution is 0.0977. The highest BCUT2D eigenvalue weighted by atomic mass is 32.3. The molecule has 0 heterocycles. The minimum atomic E-state index is -4.17. The topological polar surface area (TPSA) is 260 Å². The summed E-state index contributed by atoms with van der Waals surface area (Å²) in [6.45, 7) is 0. The fraction of sp³-hybridized carbons (Fsp3) is 1.00. The summed E-state index contributed by atoms with van der Waals surface area (Å²) in [5, 5.41) is 0.500. The van der Waals surface area contributed by atoms with Crippen molar-refractivity contribution in [2.75, 3.05) is 68.1 Å². The Hall–Kier alpha value is -0.610. The SMILES string of the molecule is C.C.CN.CN.CN(C)F.CN(C)S(C)(=O)=O.CNS(C)(=O)=O.CS(=O)(=O)F.N.NN. The number of nitrogens with zero attached hydrogens (tertiary/aromatic N) is 2. The predicted octanol–water partition coefficient (Wildman–Crippen LogP) is -1.58. The summed E-state index contributed by atoms with van der Waals surface area (Å²) < 4.78 is 83.0. The third kappa shape index (κ3) is 313. The van der Waals surface area contributed by atoms with Gasteiger partial charge in [0, 0.05) is 28.2 Å². The normalized spacial score (nSPS) is 8.71. The Kier molecular flexibility index (Phi) is 81.1. The average Bonchev–Trinajstić information content (AvgIpc) is 2.50. The second-order valence-corrected chi connectivity index (χ2v) is 9.50.